The number of benzene rings is 1. The largest absolute Gasteiger partial charge is 0.351 e. The molecule has 0 atom stereocenters. The second-order valence-corrected chi connectivity index (χ2v) is 10.4. The summed E-state index contributed by atoms with van der Waals surface area (Å²) >= 11 is 0. The molecule has 1 aliphatic heterocycles. The van der Waals surface area contributed by atoms with Crippen molar-refractivity contribution in [1.29, 1.82) is 0 Å². The number of sulfone groups is 1. The van der Waals surface area contributed by atoms with Gasteiger partial charge in [0.15, 0.2) is 27.7 Å². The molecule has 1 fully saturated rings. The van der Waals surface area contributed by atoms with Gasteiger partial charge in [-0.15, -0.1) is 0 Å². The van der Waals surface area contributed by atoms with Gasteiger partial charge >= 0.3 is 5.69 Å². The lowest BCUT2D eigenvalue weighted by molar-refractivity contribution is -0.384. The first-order chi connectivity index (χ1) is 16.0. The zero-order valence-corrected chi connectivity index (χ0v) is 19.5. The van der Waals surface area contributed by atoms with Gasteiger partial charge in [-0.05, 0) is 31.0 Å². The van der Waals surface area contributed by atoms with Gasteiger partial charge < -0.3 is 9.42 Å². The van der Waals surface area contributed by atoms with Crippen LogP contribution in [0, 0.1) is 22.1 Å². The molecular weight excluding hydrogens is 467 g/mol. The maximum Gasteiger partial charge on any atom is 0.339 e. The van der Waals surface area contributed by atoms with Gasteiger partial charge in [0.05, 0.1) is 15.4 Å². The van der Waals surface area contributed by atoms with E-state index in [-0.39, 0.29) is 33.9 Å². The van der Waals surface area contributed by atoms with Gasteiger partial charge in [0.25, 0.3) is 0 Å². The fourth-order valence-electron chi connectivity index (χ4n) is 3.69. The second-order valence-electron chi connectivity index (χ2n) is 8.41. The molecule has 1 aliphatic rings. The topological polar surface area (TPSA) is 145 Å². The lowest BCUT2D eigenvalue weighted by Gasteiger charge is -2.30. The molecule has 2 aromatic heterocycles. The SMILES string of the molecule is CC(C)c1noc(C2CCN(c3nc(-c4ccc(S(C)(=O)=O)cc4F)n[c]c3[N+](=O)[O-])CC2)n1. The molecule has 0 bridgehead atoms. The molecule has 0 aliphatic carbocycles. The quantitative estimate of drug-likeness (QED) is 0.373. The summed E-state index contributed by atoms with van der Waals surface area (Å²) in [6.45, 7) is 4.78. The van der Waals surface area contributed by atoms with Crippen LogP contribution in [0.3, 0.4) is 0 Å². The van der Waals surface area contributed by atoms with Crippen molar-refractivity contribution in [3.05, 3.63) is 52.0 Å². The van der Waals surface area contributed by atoms with Gasteiger partial charge in [0, 0.05) is 31.2 Å². The first kappa shape index (κ1) is 23.7. The smallest absolute Gasteiger partial charge is 0.339 e. The summed E-state index contributed by atoms with van der Waals surface area (Å²) in [6.07, 6.45) is 4.53. The van der Waals surface area contributed by atoms with Crippen LogP contribution in [0.25, 0.3) is 11.4 Å². The molecule has 0 spiro atoms. The Morgan fingerprint density at radius 2 is 1.97 bits per heavy atom. The number of aromatic nitrogens is 4. The van der Waals surface area contributed by atoms with Crippen molar-refractivity contribution < 1.29 is 22.3 Å². The highest BCUT2D eigenvalue weighted by Gasteiger charge is 2.31. The average molecular weight is 490 g/mol. The van der Waals surface area contributed by atoms with Gasteiger partial charge in [-0.1, -0.05) is 19.0 Å². The van der Waals surface area contributed by atoms with E-state index in [0.717, 1.165) is 12.3 Å². The van der Waals surface area contributed by atoms with E-state index in [4.69, 9.17) is 4.52 Å². The Kier molecular flexibility index (Phi) is 6.30. The van der Waals surface area contributed by atoms with E-state index in [1.165, 1.54) is 12.1 Å². The van der Waals surface area contributed by atoms with Crippen molar-refractivity contribution in [2.75, 3.05) is 24.2 Å². The molecule has 3 aromatic rings. The molecule has 0 saturated carbocycles. The summed E-state index contributed by atoms with van der Waals surface area (Å²) in [5.41, 5.74) is -0.503. The summed E-state index contributed by atoms with van der Waals surface area (Å²) in [5, 5.41) is 15.6. The van der Waals surface area contributed by atoms with Crippen LogP contribution in [0.1, 0.15) is 50.2 Å². The van der Waals surface area contributed by atoms with Crippen LogP contribution in [-0.4, -0.2) is 52.8 Å². The standard InChI is InChI=1S/C21H22FN6O5S/c1-12(2)18-25-21(33-26-18)13-6-8-27(9-7-13)20-17(28(29)30)11-23-19(24-20)15-5-4-14(10-16(15)22)34(3,31)32/h4-5,10,12-13H,6-9H2,1-3H3. The minimum atomic E-state index is -3.60. The second kappa shape index (κ2) is 9.05. The van der Waals surface area contributed by atoms with Gasteiger partial charge in [-0.3, -0.25) is 10.1 Å². The van der Waals surface area contributed by atoms with Crippen molar-refractivity contribution in [1.82, 2.24) is 20.1 Å². The zero-order valence-electron chi connectivity index (χ0n) is 18.7. The highest BCUT2D eigenvalue weighted by atomic mass is 32.2. The third-order valence-electron chi connectivity index (χ3n) is 5.60. The molecule has 0 amide bonds. The lowest BCUT2D eigenvalue weighted by Crippen LogP contribution is -2.34. The van der Waals surface area contributed by atoms with Crippen LogP contribution in [-0.2, 0) is 9.84 Å². The molecule has 1 saturated heterocycles. The number of halogens is 1. The van der Waals surface area contributed by atoms with E-state index < -0.39 is 26.3 Å². The number of rotatable bonds is 6. The van der Waals surface area contributed by atoms with Crippen molar-refractivity contribution in [3.8, 4) is 11.4 Å². The molecule has 4 rings (SSSR count). The van der Waals surface area contributed by atoms with Crippen LogP contribution < -0.4 is 4.90 Å². The van der Waals surface area contributed by atoms with E-state index in [1.54, 1.807) is 4.90 Å². The Hall–Kier alpha value is -3.48. The van der Waals surface area contributed by atoms with Gasteiger partial charge in [-0.2, -0.15) is 4.98 Å². The highest BCUT2D eigenvalue weighted by Crippen LogP contribution is 2.34. The van der Waals surface area contributed by atoms with Crippen LogP contribution >= 0.6 is 0 Å². The fourth-order valence-corrected chi connectivity index (χ4v) is 4.32. The molecule has 1 aromatic carbocycles. The Morgan fingerprint density at radius 1 is 1.26 bits per heavy atom. The number of anilines is 1. The van der Waals surface area contributed by atoms with Gasteiger partial charge in [0.2, 0.25) is 11.7 Å². The predicted molar refractivity (Wildman–Crippen MR) is 119 cm³/mol. The zero-order chi connectivity index (χ0) is 24.6. The van der Waals surface area contributed by atoms with E-state index >= 15 is 0 Å². The van der Waals surface area contributed by atoms with Crippen molar-refractivity contribution in [2.45, 2.75) is 43.4 Å². The predicted octanol–water partition coefficient (Wildman–Crippen LogP) is 3.28. The fraction of sp³-hybridized carbons (Fsp3) is 0.429. The Labute approximate surface area is 195 Å². The van der Waals surface area contributed by atoms with E-state index in [9.17, 15) is 22.9 Å². The Balaban J connectivity index is 1.61. The molecule has 1 radical (unpaired) electrons. The number of nitro groups is 1. The molecule has 0 N–H and O–H groups in total. The van der Waals surface area contributed by atoms with Gasteiger partial charge in [0.1, 0.15) is 5.82 Å². The highest BCUT2D eigenvalue weighted by molar-refractivity contribution is 7.90. The minimum absolute atomic E-state index is 0.0153. The maximum atomic E-state index is 14.7. The molecule has 179 valence electrons. The lowest BCUT2D eigenvalue weighted by atomic mass is 9.96. The number of hydrogen-bond donors (Lipinski definition) is 0. The van der Waals surface area contributed by atoms with E-state index in [2.05, 4.69) is 26.3 Å². The molecule has 0 unspecified atom stereocenters. The van der Waals surface area contributed by atoms with E-state index in [1.807, 2.05) is 13.8 Å². The average Bonchev–Trinajstić information content (AvgIpc) is 3.29. The third-order valence-corrected chi connectivity index (χ3v) is 6.71. The molecule has 11 nitrogen and oxygen atoms in total. The van der Waals surface area contributed by atoms with Crippen LogP contribution in [0.15, 0.2) is 27.6 Å². The van der Waals surface area contributed by atoms with Crippen LogP contribution in [0.4, 0.5) is 15.9 Å². The summed E-state index contributed by atoms with van der Waals surface area (Å²) in [4.78, 5) is 25.0. The molecule has 3 heterocycles. The van der Waals surface area contributed by atoms with Crippen LogP contribution in [0.5, 0.6) is 0 Å². The molecule has 34 heavy (non-hydrogen) atoms. The molecule has 13 heteroatoms. The first-order valence-electron chi connectivity index (χ1n) is 10.6. The van der Waals surface area contributed by atoms with Crippen molar-refractivity contribution in [3.63, 3.8) is 0 Å². The van der Waals surface area contributed by atoms with Crippen LogP contribution in [0.2, 0.25) is 0 Å². The van der Waals surface area contributed by atoms with Gasteiger partial charge in [-0.25, -0.2) is 22.8 Å². The number of hydrogen-bond acceptors (Lipinski definition) is 10. The number of piperidine rings is 1. The Bertz CT molecular complexity index is 1340. The van der Waals surface area contributed by atoms with E-state index in [0.29, 0.717) is 37.6 Å². The summed E-state index contributed by atoms with van der Waals surface area (Å²) in [6, 6.07) is 3.34. The first-order valence-corrected chi connectivity index (χ1v) is 12.5. The summed E-state index contributed by atoms with van der Waals surface area (Å²) in [7, 11) is -3.60. The summed E-state index contributed by atoms with van der Waals surface area (Å²) in [5.74, 6) is 0.371. The number of nitrogens with zero attached hydrogens (tertiary/aromatic N) is 6. The summed E-state index contributed by atoms with van der Waals surface area (Å²) < 4.78 is 43.4. The third kappa shape index (κ3) is 4.74. The van der Waals surface area contributed by atoms with Crippen molar-refractivity contribution in [2.24, 2.45) is 0 Å². The Morgan fingerprint density at radius 3 is 2.53 bits per heavy atom. The normalized spacial score (nSPS) is 15.1. The molecular formula is C21H22FN6O5S. The maximum absolute atomic E-state index is 14.7. The minimum Gasteiger partial charge on any atom is -0.351 e. The van der Waals surface area contributed by atoms with Crippen molar-refractivity contribution >= 4 is 21.3 Å². The monoisotopic (exact) mass is 489 g/mol.